The summed E-state index contributed by atoms with van der Waals surface area (Å²) in [5.41, 5.74) is 2.31. The molecule has 0 atom stereocenters. The van der Waals surface area contributed by atoms with Crippen LogP contribution in [0.15, 0.2) is 18.2 Å². The molecule has 0 spiro atoms. The number of nitrogens with one attached hydrogen (secondary N) is 1. The van der Waals surface area contributed by atoms with Gasteiger partial charge in [-0.25, -0.2) is 0 Å². The van der Waals surface area contributed by atoms with Crippen LogP contribution in [-0.2, 0) is 13.1 Å². The Morgan fingerprint density at radius 1 is 1.16 bits per heavy atom. The van der Waals surface area contributed by atoms with Crippen molar-refractivity contribution in [2.45, 2.75) is 33.0 Å². The second-order valence-corrected chi connectivity index (χ2v) is 5.56. The zero-order valence-electron chi connectivity index (χ0n) is 12.4. The summed E-state index contributed by atoms with van der Waals surface area (Å²) in [7, 11) is 1.96. The first kappa shape index (κ1) is 14.4. The number of hydrogen-bond acceptors (Lipinski definition) is 4. The maximum atomic E-state index is 4.69. The molecule has 2 heterocycles. The van der Waals surface area contributed by atoms with Crippen molar-refractivity contribution in [2.24, 2.45) is 0 Å². The number of piperazine rings is 1. The molecule has 0 aromatic carbocycles. The van der Waals surface area contributed by atoms with E-state index in [4.69, 9.17) is 4.98 Å². The quantitative estimate of drug-likeness (QED) is 0.867. The first-order valence-electron chi connectivity index (χ1n) is 7.25. The average molecular weight is 262 g/mol. The van der Waals surface area contributed by atoms with Gasteiger partial charge in [-0.3, -0.25) is 14.8 Å². The summed E-state index contributed by atoms with van der Waals surface area (Å²) < 4.78 is 0. The number of aromatic nitrogens is 1. The molecule has 4 heteroatoms. The van der Waals surface area contributed by atoms with E-state index in [9.17, 15) is 0 Å². The Morgan fingerprint density at radius 2 is 1.84 bits per heavy atom. The molecule has 4 nitrogen and oxygen atoms in total. The molecule has 1 aliphatic heterocycles. The van der Waals surface area contributed by atoms with Crippen LogP contribution in [0.4, 0.5) is 0 Å². The third kappa shape index (κ3) is 4.27. The fourth-order valence-corrected chi connectivity index (χ4v) is 2.56. The zero-order chi connectivity index (χ0) is 13.7. The molecule has 19 heavy (non-hydrogen) atoms. The van der Waals surface area contributed by atoms with E-state index < -0.39 is 0 Å². The highest BCUT2D eigenvalue weighted by Gasteiger charge is 2.18. The number of rotatable bonds is 5. The second kappa shape index (κ2) is 6.98. The molecule has 0 radical (unpaired) electrons. The van der Waals surface area contributed by atoms with Crippen LogP contribution in [-0.4, -0.2) is 54.1 Å². The summed E-state index contributed by atoms with van der Waals surface area (Å²) in [6.45, 7) is 11.0. The van der Waals surface area contributed by atoms with Crippen molar-refractivity contribution < 1.29 is 0 Å². The highest BCUT2D eigenvalue weighted by atomic mass is 15.3. The van der Waals surface area contributed by atoms with Gasteiger partial charge in [-0.2, -0.15) is 0 Å². The zero-order valence-corrected chi connectivity index (χ0v) is 12.4. The molecule has 1 saturated heterocycles. The van der Waals surface area contributed by atoms with Crippen molar-refractivity contribution >= 4 is 0 Å². The van der Waals surface area contributed by atoms with Gasteiger partial charge >= 0.3 is 0 Å². The second-order valence-electron chi connectivity index (χ2n) is 5.56. The van der Waals surface area contributed by atoms with Gasteiger partial charge < -0.3 is 5.32 Å². The number of nitrogens with zero attached hydrogens (tertiary/aromatic N) is 3. The van der Waals surface area contributed by atoms with Gasteiger partial charge in [-0.05, 0) is 33.0 Å². The maximum Gasteiger partial charge on any atom is 0.0547 e. The van der Waals surface area contributed by atoms with Gasteiger partial charge in [0.1, 0.15) is 0 Å². The maximum absolute atomic E-state index is 4.69. The lowest BCUT2D eigenvalue weighted by atomic mass is 10.2. The molecule has 0 bridgehead atoms. The minimum Gasteiger partial charge on any atom is -0.314 e. The Labute approximate surface area is 116 Å². The third-order valence-electron chi connectivity index (χ3n) is 3.75. The van der Waals surface area contributed by atoms with Crippen LogP contribution in [0.2, 0.25) is 0 Å². The Kier molecular flexibility index (Phi) is 5.31. The molecule has 2 rings (SSSR count). The SMILES string of the molecule is CNCc1cccc(CN2CCN(C(C)C)CC2)n1. The van der Waals surface area contributed by atoms with Crippen molar-refractivity contribution in [3.05, 3.63) is 29.6 Å². The highest BCUT2D eigenvalue weighted by molar-refractivity contribution is 5.11. The van der Waals surface area contributed by atoms with E-state index in [-0.39, 0.29) is 0 Å². The minimum absolute atomic E-state index is 0.666. The van der Waals surface area contributed by atoms with E-state index in [0.717, 1.165) is 31.9 Å². The van der Waals surface area contributed by atoms with Crippen molar-refractivity contribution in [3.8, 4) is 0 Å². The van der Waals surface area contributed by atoms with Gasteiger partial charge in [-0.1, -0.05) is 6.07 Å². The summed E-state index contributed by atoms with van der Waals surface area (Å²) in [5, 5.41) is 3.15. The molecule has 0 aliphatic carbocycles. The van der Waals surface area contributed by atoms with E-state index in [2.05, 4.69) is 47.2 Å². The topological polar surface area (TPSA) is 31.4 Å². The summed E-state index contributed by atoms with van der Waals surface area (Å²) in [4.78, 5) is 9.74. The molecule has 0 saturated carbocycles. The largest absolute Gasteiger partial charge is 0.314 e. The van der Waals surface area contributed by atoms with E-state index in [1.807, 2.05) is 7.05 Å². The van der Waals surface area contributed by atoms with E-state index in [0.29, 0.717) is 6.04 Å². The van der Waals surface area contributed by atoms with Gasteiger partial charge in [-0.15, -0.1) is 0 Å². The number of pyridine rings is 1. The lowest BCUT2D eigenvalue weighted by molar-refractivity contribution is 0.103. The predicted octanol–water partition coefficient (Wildman–Crippen LogP) is 1.33. The molecule has 1 N–H and O–H groups in total. The molecule has 106 valence electrons. The lowest BCUT2D eigenvalue weighted by Crippen LogP contribution is -2.48. The van der Waals surface area contributed by atoms with E-state index in [1.165, 1.54) is 18.8 Å². The normalized spacial score (nSPS) is 18.1. The van der Waals surface area contributed by atoms with Crippen molar-refractivity contribution in [1.82, 2.24) is 20.1 Å². The highest BCUT2D eigenvalue weighted by Crippen LogP contribution is 2.09. The van der Waals surface area contributed by atoms with Crippen molar-refractivity contribution in [1.29, 1.82) is 0 Å². The summed E-state index contributed by atoms with van der Waals surface area (Å²) in [5.74, 6) is 0. The molecule has 0 amide bonds. The average Bonchev–Trinajstić information content (AvgIpc) is 2.40. The van der Waals surface area contributed by atoms with Gasteiger partial charge in [0.15, 0.2) is 0 Å². The third-order valence-corrected chi connectivity index (χ3v) is 3.75. The Hall–Kier alpha value is -0.970. The van der Waals surface area contributed by atoms with Crippen LogP contribution in [0.25, 0.3) is 0 Å². The molecule has 1 fully saturated rings. The van der Waals surface area contributed by atoms with Crippen molar-refractivity contribution in [2.75, 3.05) is 33.2 Å². The van der Waals surface area contributed by atoms with Gasteiger partial charge in [0.25, 0.3) is 0 Å². The van der Waals surface area contributed by atoms with Crippen LogP contribution in [0.5, 0.6) is 0 Å². The summed E-state index contributed by atoms with van der Waals surface area (Å²) >= 11 is 0. The molecule has 1 aromatic rings. The molecule has 1 aliphatic rings. The summed E-state index contributed by atoms with van der Waals surface area (Å²) in [6.07, 6.45) is 0. The van der Waals surface area contributed by atoms with Crippen LogP contribution in [0.3, 0.4) is 0 Å². The van der Waals surface area contributed by atoms with Crippen LogP contribution in [0.1, 0.15) is 25.2 Å². The van der Waals surface area contributed by atoms with Gasteiger partial charge in [0.05, 0.1) is 11.4 Å². The number of hydrogen-bond donors (Lipinski definition) is 1. The van der Waals surface area contributed by atoms with Crippen LogP contribution < -0.4 is 5.32 Å². The first-order valence-corrected chi connectivity index (χ1v) is 7.25. The fraction of sp³-hybridized carbons (Fsp3) is 0.667. The lowest BCUT2D eigenvalue weighted by Gasteiger charge is -2.36. The Balaban J connectivity index is 1.86. The van der Waals surface area contributed by atoms with Gasteiger partial charge in [0.2, 0.25) is 0 Å². The van der Waals surface area contributed by atoms with Crippen LogP contribution >= 0.6 is 0 Å². The predicted molar refractivity (Wildman–Crippen MR) is 79.0 cm³/mol. The monoisotopic (exact) mass is 262 g/mol. The fourth-order valence-electron chi connectivity index (χ4n) is 2.56. The van der Waals surface area contributed by atoms with Gasteiger partial charge in [0, 0.05) is 45.3 Å². The standard InChI is InChI=1S/C15H26N4/c1-13(2)19-9-7-18(8-10-19)12-15-6-4-5-14(17-15)11-16-3/h4-6,13,16H,7-12H2,1-3H3. The first-order chi connectivity index (χ1) is 9.19. The molecular formula is C15H26N4. The van der Waals surface area contributed by atoms with Crippen LogP contribution in [0, 0.1) is 0 Å². The molecule has 1 aromatic heterocycles. The van der Waals surface area contributed by atoms with E-state index >= 15 is 0 Å². The summed E-state index contributed by atoms with van der Waals surface area (Å²) in [6, 6.07) is 6.99. The Bertz CT molecular complexity index is 383. The Morgan fingerprint density at radius 3 is 2.47 bits per heavy atom. The van der Waals surface area contributed by atoms with E-state index in [1.54, 1.807) is 0 Å². The molecule has 0 unspecified atom stereocenters. The minimum atomic E-state index is 0.666. The van der Waals surface area contributed by atoms with Crippen molar-refractivity contribution in [3.63, 3.8) is 0 Å². The smallest absolute Gasteiger partial charge is 0.0547 e. The molecular weight excluding hydrogens is 236 g/mol.